The Hall–Kier alpha value is -1.25. The molecular formula is C14H18BF3O4. The largest absolute Gasteiger partial charge is 0.499 e. The highest BCUT2D eigenvalue weighted by Gasteiger charge is 2.53. The van der Waals surface area contributed by atoms with Gasteiger partial charge in [0.1, 0.15) is 0 Å². The standard InChI is InChI=1S/C14H18BF3O4/c1-8-6-9(14(16,17)18)7-10(20-19)11(8)15-21-12(2,3)13(4,5)22-15/h6-7,19H,1-5H3. The molecule has 22 heavy (non-hydrogen) atoms. The summed E-state index contributed by atoms with van der Waals surface area (Å²) in [5.74, 6) is -0.328. The van der Waals surface area contributed by atoms with Gasteiger partial charge in [-0.05, 0) is 52.3 Å². The van der Waals surface area contributed by atoms with E-state index in [-0.39, 0.29) is 16.8 Å². The van der Waals surface area contributed by atoms with Crippen LogP contribution in [-0.2, 0) is 15.5 Å². The van der Waals surface area contributed by atoms with E-state index in [1.165, 1.54) is 6.92 Å². The minimum Gasteiger partial charge on any atom is -0.399 e. The van der Waals surface area contributed by atoms with Crippen molar-refractivity contribution in [1.29, 1.82) is 0 Å². The minimum atomic E-state index is -4.54. The summed E-state index contributed by atoms with van der Waals surface area (Å²) >= 11 is 0. The Morgan fingerprint density at radius 2 is 1.59 bits per heavy atom. The lowest BCUT2D eigenvalue weighted by atomic mass is 9.75. The predicted molar refractivity (Wildman–Crippen MR) is 75.2 cm³/mol. The van der Waals surface area contributed by atoms with Gasteiger partial charge in [-0.1, -0.05) is 0 Å². The average molecular weight is 318 g/mol. The molecule has 1 N–H and O–H groups in total. The van der Waals surface area contributed by atoms with Crippen LogP contribution in [0.15, 0.2) is 12.1 Å². The van der Waals surface area contributed by atoms with Gasteiger partial charge in [0.2, 0.25) is 0 Å². The maximum atomic E-state index is 12.8. The number of rotatable bonds is 2. The molecule has 4 nitrogen and oxygen atoms in total. The second-order valence-electron chi connectivity index (χ2n) is 6.38. The van der Waals surface area contributed by atoms with Gasteiger partial charge in [-0.2, -0.15) is 13.2 Å². The fourth-order valence-electron chi connectivity index (χ4n) is 2.27. The molecule has 1 aromatic carbocycles. The zero-order chi connectivity index (χ0) is 16.9. The van der Waals surface area contributed by atoms with Gasteiger partial charge in [0.15, 0.2) is 5.75 Å². The summed E-state index contributed by atoms with van der Waals surface area (Å²) in [6.45, 7) is 8.79. The van der Waals surface area contributed by atoms with Crippen molar-refractivity contribution in [2.24, 2.45) is 0 Å². The molecule has 2 rings (SSSR count). The van der Waals surface area contributed by atoms with Gasteiger partial charge in [-0.3, -0.25) is 0 Å². The topological polar surface area (TPSA) is 47.9 Å². The summed E-state index contributed by atoms with van der Waals surface area (Å²) in [6, 6.07) is 1.70. The molecule has 1 saturated heterocycles. The number of benzene rings is 1. The molecule has 0 radical (unpaired) electrons. The van der Waals surface area contributed by atoms with E-state index < -0.39 is 30.1 Å². The second-order valence-corrected chi connectivity index (χ2v) is 6.38. The zero-order valence-electron chi connectivity index (χ0n) is 13.0. The van der Waals surface area contributed by atoms with Crippen LogP contribution in [0, 0.1) is 6.92 Å². The van der Waals surface area contributed by atoms with Gasteiger partial charge in [0.25, 0.3) is 0 Å². The first-order valence-corrected chi connectivity index (χ1v) is 6.78. The van der Waals surface area contributed by atoms with Crippen LogP contribution < -0.4 is 10.4 Å². The first-order valence-electron chi connectivity index (χ1n) is 6.78. The van der Waals surface area contributed by atoms with Crippen molar-refractivity contribution in [3.8, 4) is 5.75 Å². The van der Waals surface area contributed by atoms with Gasteiger partial charge >= 0.3 is 13.3 Å². The first-order chi connectivity index (χ1) is 9.89. The van der Waals surface area contributed by atoms with Gasteiger partial charge in [-0.15, -0.1) is 0 Å². The molecule has 0 aliphatic carbocycles. The van der Waals surface area contributed by atoms with Gasteiger partial charge in [-0.25, -0.2) is 5.26 Å². The number of halogens is 3. The lowest BCUT2D eigenvalue weighted by Crippen LogP contribution is -2.41. The lowest BCUT2D eigenvalue weighted by Gasteiger charge is -2.32. The molecule has 1 aliphatic rings. The quantitative estimate of drug-likeness (QED) is 0.517. The van der Waals surface area contributed by atoms with E-state index in [0.29, 0.717) is 0 Å². The SMILES string of the molecule is Cc1cc(C(F)(F)F)cc(OO)c1B1OC(C)(C)C(C)(C)O1. The van der Waals surface area contributed by atoms with Crippen molar-refractivity contribution >= 4 is 12.6 Å². The summed E-state index contributed by atoms with van der Waals surface area (Å²) in [6.07, 6.45) is -4.54. The van der Waals surface area contributed by atoms with E-state index in [1.807, 2.05) is 27.7 Å². The molecule has 0 spiro atoms. The lowest BCUT2D eigenvalue weighted by molar-refractivity contribution is -0.143. The molecule has 0 aromatic heterocycles. The van der Waals surface area contributed by atoms with E-state index in [4.69, 9.17) is 14.6 Å². The van der Waals surface area contributed by atoms with E-state index in [0.717, 1.165) is 12.1 Å². The molecular weight excluding hydrogens is 300 g/mol. The van der Waals surface area contributed by atoms with Crippen LogP contribution in [0.25, 0.3) is 0 Å². The van der Waals surface area contributed by atoms with Crippen molar-refractivity contribution in [1.82, 2.24) is 0 Å². The molecule has 1 fully saturated rings. The van der Waals surface area contributed by atoms with Crippen LogP contribution in [0.2, 0.25) is 0 Å². The van der Waals surface area contributed by atoms with E-state index in [9.17, 15) is 13.2 Å². The summed E-state index contributed by atoms with van der Waals surface area (Å²) in [5, 5.41) is 8.98. The third-order valence-corrected chi connectivity index (χ3v) is 4.26. The number of hydrogen-bond donors (Lipinski definition) is 1. The molecule has 0 amide bonds. The average Bonchev–Trinajstić information content (AvgIpc) is 2.55. The monoisotopic (exact) mass is 318 g/mol. The summed E-state index contributed by atoms with van der Waals surface area (Å²) < 4.78 is 50.1. The van der Waals surface area contributed by atoms with Crippen molar-refractivity contribution in [2.45, 2.75) is 52.0 Å². The summed E-state index contributed by atoms with van der Waals surface area (Å²) in [7, 11) is -0.922. The minimum absolute atomic E-state index is 0.245. The first kappa shape index (κ1) is 17.1. The molecule has 1 heterocycles. The molecule has 0 unspecified atom stereocenters. The number of alkyl halides is 3. The van der Waals surface area contributed by atoms with Crippen LogP contribution in [0.1, 0.15) is 38.8 Å². The maximum absolute atomic E-state index is 12.8. The molecule has 0 atom stereocenters. The number of hydrogen-bond acceptors (Lipinski definition) is 4. The van der Waals surface area contributed by atoms with E-state index >= 15 is 0 Å². The van der Waals surface area contributed by atoms with Crippen LogP contribution in [0.4, 0.5) is 13.2 Å². The Morgan fingerprint density at radius 1 is 1.09 bits per heavy atom. The van der Waals surface area contributed by atoms with E-state index in [2.05, 4.69) is 4.89 Å². The van der Waals surface area contributed by atoms with Gasteiger partial charge in [0, 0.05) is 5.46 Å². The van der Waals surface area contributed by atoms with Crippen LogP contribution in [-0.4, -0.2) is 23.6 Å². The van der Waals surface area contributed by atoms with Crippen molar-refractivity contribution in [3.63, 3.8) is 0 Å². The maximum Gasteiger partial charge on any atom is 0.499 e. The molecule has 122 valence electrons. The van der Waals surface area contributed by atoms with Crippen LogP contribution in [0.5, 0.6) is 5.75 Å². The molecule has 8 heteroatoms. The van der Waals surface area contributed by atoms with E-state index in [1.54, 1.807) is 0 Å². The zero-order valence-corrected chi connectivity index (χ0v) is 13.0. The normalized spacial score (nSPS) is 20.3. The third kappa shape index (κ3) is 2.82. The van der Waals surface area contributed by atoms with Gasteiger partial charge < -0.3 is 14.2 Å². The van der Waals surface area contributed by atoms with Crippen molar-refractivity contribution in [2.75, 3.05) is 0 Å². The predicted octanol–water partition coefficient (Wildman–Crippen LogP) is 3.16. The highest BCUT2D eigenvalue weighted by Crippen LogP contribution is 2.38. The Bertz CT molecular complexity index is 568. The molecule has 1 aromatic rings. The summed E-state index contributed by atoms with van der Waals surface area (Å²) in [4.78, 5) is 4.15. The van der Waals surface area contributed by atoms with Crippen molar-refractivity contribution < 1.29 is 32.6 Å². The number of aryl methyl sites for hydroxylation is 1. The summed E-state index contributed by atoms with van der Waals surface area (Å²) in [5.41, 5.74) is -1.71. The molecule has 0 bridgehead atoms. The third-order valence-electron chi connectivity index (χ3n) is 4.26. The highest BCUT2D eigenvalue weighted by atomic mass is 19.4. The Kier molecular flexibility index (Phi) is 4.00. The van der Waals surface area contributed by atoms with Gasteiger partial charge in [0.05, 0.1) is 16.8 Å². The fraction of sp³-hybridized carbons (Fsp3) is 0.571. The highest BCUT2D eigenvalue weighted by molar-refractivity contribution is 6.63. The Morgan fingerprint density at radius 3 is 2.00 bits per heavy atom. The van der Waals surface area contributed by atoms with Crippen LogP contribution >= 0.6 is 0 Å². The Labute approximate surface area is 127 Å². The smallest absolute Gasteiger partial charge is 0.399 e. The fourth-order valence-corrected chi connectivity index (χ4v) is 2.27. The Balaban J connectivity index is 2.49. The molecule has 0 saturated carbocycles. The van der Waals surface area contributed by atoms with Crippen LogP contribution in [0.3, 0.4) is 0 Å². The second kappa shape index (κ2) is 5.14. The van der Waals surface area contributed by atoms with Crippen molar-refractivity contribution in [3.05, 3.63) is 23.3 Å². The molecule has 1 aliphatic heterocycles.